The second kappa shape index (κ2) is 5.04. The van der Waals surface area contributed by atoms with E-state index in [9.17, 15) is 9.59 Å². The maximum Gasteiger partial charge on any atom is 0.253 e. The number of rotatable bonds is 5. The zero-order valence-electron chi connectivity index (χ0n) is 8.23. The number of nitrogens with zero attached hydrogens (tertiary/aromatic N) is 1. The fourth-order valence-electron chi connectivity index (χ4n) is 1.22. The summed E-state index contributed by atoms with van der Waals surface area (Å²) < 4.78 is 10.00. The van der Waals surface area contributed by atoms with E-state index in [1.54, 1.807) is 14.2 Å². The van der Waals surface area contributed by atoms with Gasteiger partial charge in [0.2, 0.25) is 0 Å². The van der Waals surface area contributed by atoms with Crippen LogP contribution in [0.1, 0.15) is 0 Å². The highest BCUT2D eigenvalue weighted by Crippen LogP contribution is 2.02. The summed E-state index contributed by atoms with van der Waals surface area (Å²) in [6.45, 7) is 0. The van der Waals surface area contributed by atoms with Gasteiger partial charge in [-0.1, -0.05) is 0 Å². The van der Waals surface area contributed by atoms with Crippen molar-refractivity contribution in [3.63, 3.8) is 0 Å². The SMILES string of the molecule is COC(OC)[SiH2]CN1C(=O)C=CC1=O. The molecule has 1 aliphatic heterocycles. The molecule has 2 amide bonds. The average molecular weight is 215 g/mol. The van der Waals surface area contributed by atoms with Crippen molar-refractivity contribution in [1.82, 2.24) is 4.90 Å². The molecule has 6 heteroatoms. The van der Waals surface area contributed by atoms with Gasteiger partial charge in [-0.3, -0.25) is 14.5 Å². The van der Waals surface area contributed by atoms with Crippen LogP contribution in [0.5, 0.6) is 0 Å². The first-order valence-corrected chi connectivity index (χ1v) is 6.10. The highest BCUT2D eigenvalue weighted by molar-refractivity contribution is 6.38. The number of carbonyl (C=O) groups is 2. The first kappa shape index (κ1) is 11.1. The molecule has 0 fully saturated rings. The molecule has 1 heterocycles. The molecular formula is C8H13NO4Si. The van der Waals surface area contributed by atoms with Crippen LogP contribution in [-0.2, 0) is 19.1 Å². The molecule has 14 heavy (non-hydrogen) atoms. The van der Waals surface area contributed by atoms with E-state index in [2.05, 4.69) is 0 Å². The lowest BCUT2D eigenvalue weighted by molar-refractivity contribution is -0.135. The van der Waals surface area contributed by atoms with Gasteiger partial charge in [-0.05, 0) is 0 Å². The number of amides is 2. The summed E-state index contributed by atoms with van der Waals surface area (Å²) in [6.07, 6.45) is 3.02. The summed E-state index contributed by atoms with van der Waals surface area (Å²) in [4.78, 5) is 23.5. The topological polar surface area (TPSA) is 55.8 Å². The Hall–Kier alpha value is -0.983. The lowest BCUT2D eigenvalue weighted by Gasteiger charge is -2.17. The van der Waals surface area contributed by atoms with Crippen LogP contribution in [0.2, 0.25) is 0 Å². The van der Waals surface area contributed by atoms with E-state index in [0.29, 0.717) is 6.17 Å². The van der Waals surface area contributed by atoms with Crippen LogP contribution in [0.15, 0.2) is 12.2 Å². The van der Waals surface area contributed by atoms with Crippen LogP contribution in [0.4, 0.5) is 0 Å². The average Bonchev–Trinajstić information content (AvgIpc) is 2.50. The van der Waals surface area contributed by atoms with E-state index in [1.165, 1.54) is 17.1 Å². The number of ether oxygens (including phenoxy) is 2. The van der Waals surface area contributed by atoms with Crippen molar-refractivity contribution in [1.29, 1.82) is 0 Å². The van der Waals surface area contributed by atoms with E-state index in [1.807, 2.05) is 0 Å². The molecule has 0 aromatic rings. The Morgan fingerprint density at radius 3 is 2.21 bits per heavy atom. The highest BCUT2D eigenvalue weighted by Gasteiger charge is 2.24. The smallest absolute Gasteiger partial charge is 0.253 e. The molecule has 5 nitrogen and oxygen atoms in total. The Kier molecular flexibility index (Phi) is 3.99. The van der Waals surface area contributed by atoms with E-state index in [4.69, 9.17) is 9.47 Å². The first-order valence-electron chi connectivity index (χ1n) is 4.28. The fourth-order valence-corrected chi connectivity index (χ4v) is 2.60. The Bertz CT molecular complexity index is 244. The third kappa shape index (κ3) is 2.50. The monoisotopic (exact) mass is 215 g/mol. The van der Waals surface area contributed by atoms with E-state index >= 15 is 0 Å². The Morgan fingerprint density at radius 2 is 1.79 bits per heavy atom. The van der Waals surface area contributed by atoms with Gasteiger partial charge in [-0.15, -0.1) is 0 Å². The number of hydrogen-bond donors (Lipinski definition) is 0. The minimum atomic E-state index is -0.768. The molecule has 0 aliphatic carbocycles. The molecule has 0 radical (unpaired) electrons. The van der Waals surface area contributed by atoms with Gasteiger partial charge >= 0.3 is 0 Å². The quantitative estimate of drug-likeness (QED) is 0.322. The lowest BCUT2D eigenvalue weighted by Crippen LogP contribution is -2.38. The third-order valence-electron chi connectivity index (χ3n) is 2.01. The number of imide groups is 1. The van der Waals surface area contributed by atoms with Crippen molar-refractivity contribution < 1.29 is 19.1 Å². The molecule has 78 valence electrons. The molecule has 0 aromatic heterocycles. The van der Waals surface area contributed by atoms with E-state index in [0.717, 1.165) is 0 Å². The minimum absolute atomic E-state index is 0.240. The Balaban J connectivity index is 2.38. The molecule has 0 atom stereocenters. The van der Waals surface area contributed by atoms with Gasteiger partial charge in [0.25, 0.3) is 11.8 Å². The summed E-state index contributed by atoms with van der Waals surface area (Å²) in [6, 6.07) is 0. The van der Waals surface area contributed by atoms with Gasteiger partial charge in [-0.25, -0.2) is 0 Å². The van der Waals surface area contributed by atoms with Gasteiger partial charge < -0.3 is 9.47 Å². The maximum atomic E-state index is 11.1. The molecular weight excluding hydrogens is 202 g/mol. The van der Waals surface area contributed by atoms with Crippen LogP contribution < -0.4 is 0 Å². The summed E-state index contributed by atoms with van der Waals surface area (Å²) >= 11 is 0. The number of hydrogen-bond acceptors (Lipinski definition) is 4. The minimum Gasteiger partial charge on any atom is -0.360 e. The largest absolute Gasteiger partial charge is 0.360 e. The Morgan fingerprint density at radius 1 is 1.29 bits per heavy atom. The van der Waals surface area contributed by atoms with Crippen molar-refractivity contribution in [2.24, 2.45) is 0 Å². The third-order valence-corrected chi connectivity index (χ3v) is 3.86. The summed E-state index contributed by atoms with van der Waals surface area (Å²) in [5.74, 6) is -0.724. The normalized spacial score (nSPS) is 16.9. The van der Waals surface area contributed by atoms with Crippen molar-refractivity contribution in [3.05, 3.63) is 12.2 Å². The zero-order chi connectivity index (χ0) is 10.6. The van der Waals surface area contributed by atoms with Crippen LogP contribution in [0.3, 0.4) is 0 Å². The van der Waals surface area contributed by atoms with Gasteiger partial charge in [0.15, 0.2) is 0 Å². The van der Waals surface area contributed by atoms with Crippen LogP contribution in [0, 0.1) is 0 Å². The standard InChI is InChI=1S/C8H13NO4Si/c1-12-8(13-2)14-5-9-6(10)3-4-7(9)11/h3-4,8H,5,14H2,1-2H3. The summed E-state index contributed by atoms with van der Waals surface area (Å²) in [5.41, 5.74) is 0. The predicted molar refractivity (Wildman–Crippen MR) is 52.2 cm³/mol. The molecule has 0 unspecified atom stereocenters. The van der Waals surface area contributed by atoms with Crippen LogP contribution >= 0.6 is 0 Å². The molecule has 0 saturated carbocycles. The fraction of sp³-hybridized carbons (Fsp3) is 0.500. The predicted octanol–water partition coefficient (Wildman–Crippen LogP) is -1.39. The van der Waals surface area contributed by atoms with Crippen molar-refractivity contribution in [3.8, 4) is 0 Å². The number of methoxy groups -OCH3 is 2. The molecule has 1 rings (SSSR count). The highest BCUT2D eigenvalue weighted by atomic mass is 28.2. The van der Waals surface area contributed by atoms with Gasteiger partial charge in [0.05, 0.1) is 0 Å². The van der Waals surface area contributed by atoms with Crippen molar-refractivity contribution >= 4 is 21.3 Å². The molecule has 0 spiro atoms. The molecule has 0 saturated heterocycles. The van der Waals surface area contributed by atoms with E-state index in [-0.39, 0.29) is 17.7 Å². The first-order chi connectivity index (χ1) is 6.69. The van der Waals surface area contributed by atoms with Gasteiger partial charge in [-0.2, -0.15) is 0 Å². The molecule has 1 aliphatic rings. The van der Waals surface area contributed by atoms with Gasteiger partial charge in [0, 0.05) is 32.5 Å². The van der Waals surface area contributed by atoms with Gasteiger partial charge in [0.1, 0.15) is 15.4 Å². The van der Waals surface area contributed by atoms with Crippen LogP contribution in [0.25, 0.3) is 0 Å². The summed E-state index contributed by atoms with van der Waals surface area (Å²) in [7, 11) is 2.33. The maximum absolute atomic E-state index is 11.1. The van der Waals surface area contributed by atoms with E-state index < -0.39 is 9.52 Å². The second-order valence-corrected chi connectivity index (χ2v) is 4.54. The molecule has 0 aromatic carbocycles. The van der Waals surface area contributed by atoms with Crippen LogP contribution in [-0.4, -0.2) is 52.5 Å². The lowest BCUT2D eigenvalue weighted by atomic mass is 10.6. The zero-order valence-corrected chi connectivity index (χ0v) is 9.64. The van der Waals surface area contributed by atoms with Crippen molar-refractivity contribution in [2.45, 2.75) is 5.91 Å². The molecule has 0 bridgehead atoms. The van der Waals surface area contributed by atoms with Crippen molar-refractivity contribution in [2.75, 3.05) is 20.4 Å². The summed E-state index contributed by atoms with van der Waals surface area (Å²) in [5, 5.41) is 0. The molecule has 0 N–H and O–H groups in total. The number of carbonyl (C=O) groups excluding carboxylic acids is 2. The Labute approximate surface area is 84.5 Å². The second-order valence-electron chi connectivity index (χ2n) is 2.85.